The molecule has 0 spiro atoms. The molecule has 1 amide bonds. The zero-order valence-corrected chi connectivity index (χ0v) is 18.1. The number of hydrogen-bond donors (Lipinski definition) is 1. The molecule has 0 bridgehead atoms. The maximum Gasteiger partial charge on any atom is 0.267 e. The molecule has 0 unspecified atom stereocenters. The second kappa shape index (κ2) is 8.11. The molecule has 1 N–H and O–H groups in total. The van der Waals surface area contributed by atoms with Gasteiger partial charge in [-0.25, -0.2) is 9.67 Å². The lowest BCUT2D eigenvalue weighted by atomic mass is 10.2. The van der Waals surface area contributed by atoms with Crippen molar-refractivity contribution in [3.8, 4) is 0 Å². The first-order chi connectivity index (χ1) is 15.1. The molecule has 1 aliphatic heterocycles. The van der Waals surface area contributed by atoms with Crippen molar-refractivity contribution in [2.24, 2.45) is 0 Å². The number of nitrogens with zero attached hydrogens (tertiary/aromatic N) is 4. The van der Waals surface area contributed by atoms with Crippen LogP contribution in [0, 0.1) is 6.92 Å². The average molecular weight is 434 g/mol. The number of rotatable bonds is 4. The summed E-state index contributed by atoms with van der Waals surface area (Å²) in [7, 11) is 0. The summed E-state index contributed by atoms with van der Waals surface area (Å²) < 4.78 is 3.55. The van der Waals surface area contributed by atoms with E-state index in [4.69, 9.17) is 4.98 Å². The number of carbonyl (C=O) groups is 1. The molecule has 0 fully saturated rings. The molecule has 0 radical (unpaired) electrons. The maximum atomic E-state index is 13.1. The van der Waals surface area contributed by atoms with Crippen LogP contribution in [0.2, 0.25) is 0 Å². The van der Waals surface area contributed by atoms with Crippen LogP contribution in [0.5, 0.6) is 0 Å². The average Bonchev–Trinajstić information content (AvgIpc) is 3.24. The van der Waals surface area contributed by atoms with Gasteiger partial charge in [-0.2, -0.15) is 5.10 Å². The number of benzene rings is 1. The Morgan fingerprint density at radius 1 is 1.16 bits per heavy atom. The number of amides is 1. The third kappa shape index (κ3) is 3.67. The van der Waals surface area contributed by atoms with Crippen LogP contribution in [0.25, 0.3) is 10.2 Å². The van der Waals surface area contributed by atoms with Crippen molar-refractivity contribution in [3.05, 3.63) is 74.8 Å². The number of carbonyl (C=O) groups excluding carboxylic acids is 1. The van der Waals surface area contributed by atoms with Gasteiger partial charge in [-0.3, -0.25) is 14.2 Å². The highest BCUT2D eigenvalue weighted by atomic mass is 32.1. The molecule has 31 heavy (non-hydrogen) atoms. The molecule has 4 aromatic rings. The second-order valence-electron chi connectivity index (χ2n) is 7.85. The van der Waals surface area contributed by atoms with E-state index in [1.807, 2.05) is 37.3 Å². The highest BCUT2D eigenvalue weighted by Gasteiger charge is 2.23. The number of hydrogen-bond acceptors (Lipinski definition) is 5. The predicted octanol–water partition coefficient (Wildman–Crippen LogP) is 3.99. The molecule has 4 heterocycles. The Hall–Kier alpha value is -3.26. The lowest BCUT2D eigenvalue weighted by molar-refractivity contribution is 0.102. The van der Waals surface area contributed by atoms with E-state index >= 15 is 0 Å². The molecule has 0 aliphatic carbocycles. The number of nitrogens with one attached hydrogen (secondary N) is 1. The first-order valence-corrected chi connectivity index (χ1v) is 11.3. The fourth-order valence-corrected chi connectivity index (χ4v) is 5.21. The predicted molar refractivity (Wildman–Crippen MR) is 122 cm³/mol. The van der Waals surface area contributed by atoms with Crippen molar-refractivity contribution in [1.82, 2.24) is 19.3 Å². The van der Waals surface area contributed by atoms with Crippen LogP contribution in [0.3, 0.4) is 0 Å². The lowest BCUT2D eigenvalue weighted by Gasteiger charge is -2.09. The molecular weight excluding hydrogens is 410 g/mol. The van der Waals surface area contributed by atoms with Crippen LogP contribution in [0.1, 0.15) is 45.9 Å². The SMILES string of the molecule is Cc1c(C(=O)Nc2ccnn2Cc2ccccc2)sc2nc3n(c(=O)c12)CCCCC3. The molecule has 8 heteroatoms. The summed E-state index contributed by atoms with van der Waals surface area (Å²) in [5.41, 5.74) is 1.77. The van der Waals surface area contributed by atoms with Gasteiger partial charge in [0.05, 0.1) is 23.0 Å². The number of fused-ring (bicyclic) bond motifs is 2. The fraction of sp³-hybridized carbons (Fsp3) is 0.304. The number of thiophene rings is 1. The summed E-state index contributed by atoms with van der Waals surface area (Å²) in [4.78, 5) is 32.2. The monoisotopic (exact) mass is 433 g/mol. The van der Waals surface area contributed by atoms with E-state index in [1.54, 1.807) is 21.5 Å². The summed E-state index contributed by atoms with van der Waals surface area (Å²) in [6.45, 7) is 3.10. The van der Waals surface area contributed by atoms with E-state index in [2.05, 4.69) is 10.4 Å². The van der Waals surface area contributed by atoms with Crippen LogP contribution < -0.4 is 10.9 Å². The van der Waals surface area contributed by atoms with Crippen LogP contribution >= 0.6 is 11.3 Å². The second-order valence-corrected chi connectivity index (χ2v) is 8.84. The normalized spacial score (nSPS) is 13.7. The van der Waals surface area contributed by atoms with Crippen molar-refractivity contribution < 1.29 is 4.79 Å². The van der Waals surface area contributed by atoms with E-state index < -0.39 is 0 Å². The molecule has 1 aromatic carbocycles. The van der Waals surface area contributed by atoms with Crippen molar-refractivity contribution >= 4 is 33.3 Å². The standard InChI is InChI=1S/C23H23N5O2S/c1-15-19-22(26-17-10-6-3-7-13-27(17)23(19)30)31-20(15)21(29)25-18-11-12-24-28(18)14-16-8-4-2-5-9-16/h2,4-5,8-9,11-12H,3,6-7,10,13-14H2,1H3,(H,25,29). The maximum absolute atomic E-state index is 13.1. The highest BCUT2D eigenvalue weighted by Crippen LogP contribution is 2.29. The molecule has 0 saturated carbocycles. The number of aromatic nitrogens is 4. The van der Waals surface area contributed by atoms with Crippen LogP contribution in [-0.4, -0.2) is 25.2 Å². The van der Waals surface area contributed by atoms with Gasteiger partial charge in [-0.1, -0.05) is 36.8 Å². The Bertz CT molecular complexity index is 1320. The third-order valence-corrected chi connectivity index (χ3v) is 6.94. The molecule has 0 saturated heterocycles. The van der Waals surface area contributed by atoms with Crippen LogP contribution in [-0.2, 0) is 19.5 Å². The minimum atomic E-state index is -0.241. The summed E-state index contributed by atoms with van der Waals surface area (Å²) in [5.74, 6) is 1.21. The van der Waals surface area contributed by atoms with Crippen LogP contribution in [0.4, 0.5) is 5.82 Å². The molecule has 1 aliphatic rings. The van der Waals surface area contributed by atoms with E-state index in [-0.39, 0.29) is 11.5 Å². The van der Waals surface area contributed by atoms with Gasteiger partial charge in [0.25, 0.3) is 11.5 Å². The third-order valence-electron chi connectivity index (χ3n) is 5.75. The summed E-state index contributed by atoms with van der Waals surface area (Å²) in [6.07, 6.45) is 5.62. The Kier molecular flexibility index (Phi) is 5.15. The van der Waals surface area contributed by atoms with Crippen molar-refractivity contribution in [1.29, 1.82) is 0 Å². The van der Waals surface area contributed by atoms with E-state index in [1.165, 1.54) is 11.3 Å². The quantitative estimate of drug-likeness (QED) is 0.528. The lowest BCUT2D eigenvalue weighted by Crippen LogP contribution is -2.24. The zero-order chi connectivity index (χ0) is 21.4. The zero-order valence-electron chi connectivity index (χ0n) is 17.3. The summed E-state index contributed by atoms with van der Waals surface area (Å²) in [6, 6.07) is 11.7. The van der Waals surface area contributed by atoms with Crippen LogP contribution in [0.15, 0.2) is 47.4 Å². The van der Waals surface area contributed by atoms with Gasteiger partial charge in [0.2, 0.25) is 0 Å². The minimum absolute atomic E-state index is 0.0242. The minimum Gasteiger partial charge on any atom is -0.306 e. The molecule has 7 nitrogen and oxygen atoms in total. The van der Waals surface area contributed by atoms with Crippen molar-refractivity contribution in [2.45, 2.75) is 45.7 Å². The molecule has 5 rings (SSSR count). The van der Waals surface area contributed by atoms with E-state index in [0.717, 1.165) is 37.1 Å². The molecule has 158 valence electrons. The largest absolute Gasteiger partial charge is 0.306 e. The van der Waals surface area contributed by atoms with Gasteiger partial charge >= 0.3 is 0 Å². The van der Waals surface area contributed by atoms with Crippen molar-refractivity contribution in [3.63, 3.8) is 0 Å². The van der Waals surface area contributed by atoms with Gasteiger partial charge < -0.3 is 5.32 Å². The molecule has 3 aromatic heterocycles. The summed E-state index contributed by atoms with van der Waals surface area (Å²) >= 11 is 1.29. The Morgan fingerprint density at radius 2 is 2.00 bits per heavy atom. The van der Waals surface area contributed by atoms with Gasteiger partial charge in [-0.15, -0.1) is 11.3 Å². The smallest absolute Gasteiger partial charge is 0.267 e. The molecule has 0 atom stereocenters. The summed E-state index contributed by atoms with van der Waals surface area (Å²) in [5, 5.41) is 7.87. The van der Waals surface area contributed by atoms with Gasteiger partial charge in [0.15, 0.2) is 0 Å². The van der Waals surface area contributed by atoms with Gasteiger partial charge in [0, 0.05) is 19.0 Å². The van der Waals surface area contributed by atoms with Crippen molar-refractivity contribution in [2.75, 3.05) is 5.32 Å². The van der Waals surface area contributed by atoms with E-state index in [0.29, 0.717) is 39.6 Å². The first kappa shape index (κ1) is 19.7. The number of anilines is 1. The Morgan fingerprint density at radius 3 is 2.84 bits per heavy atom. The fourth-order valence-electron chi connectivity index (χ4n) is 4.12. The highest BCUT2D eigenvalue weighted by molar-refractivity contribution is 7.20. The number of aryl methyl sites for hydroxylation is 2. The van der Waals surface area contributed by atoms with E-state index in [9.17, 15) is 9.59 Å². The first-order valence-electron chi connectivity index (χ1n) is 10.5. The Labute approximate surface area is 183 Å². The Balaban J connectivity index is 1.46. The molecular formula is C23H23N5O2S. The van der Waals surface area contributed by atoms with Gasteiger partial charge in [-0.05, 0) is 30.9 Å². The topological polar surface area (TPSA) is 81.8 Å². The van der Waals surface area contributed by atoms with Gasteiger partial charge in [0.1, 0.15) is 16.5 Å².